The molecule has 1 aromatic heterocycles. The molecule has 1 fully saturated rings. The Labute approximate surface area is 89.2 Å². The van der Waals surface area contributed by atoms with E-state index >= 15 is 0 Å². The molecule has 2 N–H and O–H groups in total. The van der Waals surface area contributed by atoms with E-state index in [2.05, 4.69) is 12.0 Å². The van der Waals surface area contributed by atoms with E-state index in [0.717, 1.165) is 12.3 Å². The highest BCUT2D eigenvalue weighted by Gasteiger charge is 2.29. The van der Waals surface area contributed by atoms with E-state index in [1.54, 1.807) is 6.20 Å². The molecule has 14 heavy (non-hydrogen) atoms. The Hall–Kier alpha value is -0.700. The molecular weight excluding hydrogens is 198 g/mol. The van der Waals surface area contributed by atoms with E-state index in [1.165, 1.54) is 19.3 Å². The molecule has 2 rings (SSSR count). The molecule has 0 aliphatic heterocycles. The van der Waals surface area contributed by atoms with Gasteiger partial charge in [0.25, 0.3) is 0 Å². The summed E-state index contributed by atoms with van der Waals surface area (Å²) < 4.78 is 1.90. The summed E-state index contributed by atoms with van der Waals surface area (Å²) in [6.45, 7) is 2.18. The Morgan fingerprint density at radius 3 is 2.79 bits per heavy atom. The van der Waals surface area contributed by atoms with Crippen LogP contribution in [0.2, 0.25) is 5.02 Å². The summed E-state index contributed by atoms with van der Waals surface area (Å²) in [5, 5.41) is 4.82. The second-order valence-electron chi connectivity index (χ2n) is 3.99. The molecule has 4 heteroatoms. The minimum atomic E-state index is 0.441. The van der Waals surface area contributed by atoms with E-state index in [1.807, 2.05) is 4.68 Å². The van der Waals surface area contributed by atoms with Crippen molar-refractivity contribution in [1.82, 2.24) is 9.78 Å². The highest BCUT2D eigenvalue weighted by molar-refractivity contribution is 6.32. The topological polar surface area (TPSA) is 43.8 Å². The van der Waals surface area contributed by atoms with Crippen LogP contribution < -0.4 is 5.73 Å². The first kappa shape index (κ1) is 9.84. The van der Waals surface area contributed by atoms with Crippen LogP contribution in [0.1, 0.15) is 38.6 Å². The molecule has 0 aromatic carbocycles. The largest absolute Gasteiger partial charge is 0.383 e. The van der Waals surface area contributed by atoms with Gasteiger partial charge in [-0.1, -0.05) is 24.9 Å². The van der Waals surface area contributed by atoms with Gasteiger partial charge in [0.1, 0.15) is 10.8 Å². The smallest absolute Gasteiger partial charge is 0.140 e. The Kier molecular flexibility index (Phi) is 2.68. The summed E-state index contributed by atoms with van der Waals surface area (Å²) >= 11 is 5.89. The van der Waals surface area contributed by atoms with Crippen LogP contribution in [0.4, 0.5) is 5.82 Å². The highest BCUT2D eigenvalue weighted by atomic mass is 35.5. The number of hydrogen-bond acceptors (Lipinski definition) is 2. The van der Waals surface area contributed by atoms with Gasteiger partial charge in [-0.2, -0.15) is 5.10 Å². The zero-order valence-electron chi connectivity index (χ0n) is 8.41. The third-order valence-electron chi connectivity index (χ3n) is 3.21. The molecule has 0 spiro atoms. The molecule has 1 heterocycles. The molecule has 1 aromatic rings. The number of nitrogen functional groups attached to an aromatic ring is 1. The number of aromatic nitrogens is 2. The zero-order chi connectivity index (χ0) is 10.1. The first-order valence-electron chi connectivity index (χ1n) is 5.22. The predicted octanol–water partition coefficient (Wildman–Crippen LogP) is 2.87. The van der Waals surface area contributed by atoms with Crippen molar-refractivity contribution < 1.29 is 0 Å². The van der Waals surface area contributed by atoms with Gasteiger partial charge in [-0.05, 0) is 25.2 Å². The van der Waals surface area contributed by atoms with Crippen LogP contribution in [0, 0.1) is 5.92 Å². The molecule has 3 nitrogen and oxygen atoms in total. The molecule has 1 unspecified atom stereocenters. The molecule has 1 saturated carbocycles. The van der Waals surface area contributed by atoms with E-state index in [4.69, 9.17) is 17.3 Å². The van der Waals surface area contributed by atoms with Gasteiger partial charge in [0.15, 0.2) is 0 Å². The van der Waals surface area contributed by atoms with Crippen molar-refractivity contribution in [3.63, 3.8) is 0 Å². The van der Waals surface area contributed by atoms with Crippen LogP contribution >= 0.6 is 11.6 Å². The van der Waals surface area contributed by atoms with Crippen LogP contribution in [-0.2, 0) is 0 Å². The van der Waals surface area contributed by atoms with Crippen molar-refractivity contribution in [3.05, 3.63) is 11.2 Å². The summed E-state index contributed by atoms with van der Waals surface area (Å²) in [6, 6.07) is 0.441. The lowest BCUT2D eigenvalue weighted by Crippen LogP contribution is -2.26. The van der Waals surface area contributed by atoms with E-state index in [9.17, 15) is 0 Å². The van der Waals surface area contributed by atoms with Crippen molar-refractivity contribution >= 4 is 17.4 Å². The molecule has 1 aliphatic rings. The predicted molar refractivity (Wildman–Crippen MR) is 58.3 cm³/mol. The number of anilines is 1. The van der Waals surface area contributed by atoms with Crippen LogP contribution in [0.15, 0.2) is 6.20 Å². The van der Waals surface area contributed by atoms with E-state index in [0.29, 0.717) is 16.9 Å². The van der Waals surface area contributed by atoms with Gasteiger partial charge in [-0.3, -0.25) is 0 Å². The van der Waals surface area contributed by atoms with E-state index < -0.39 is 0 Å². The minimum absolute atomic E-state index is 0.441. The van der Waals surface area contributed by atoms with Crippen LogP contribution in [-0.4, -0.2) is 9.78 Å². The second kappa shape index (κ2) is 3.81. The van der Waals surface area contributed by atoms with Crippen molar-refractivity contribution in [2.45, 2.75) is 38.6 Å². The number of halogens is 1. The molecular formula is C10H16ClN3. The maximum Gasteiger partial charge on any atom is 0.140 e. The molecule has 1 aliphatic carbocycles. The average Bonchev–Trinajstić information content (AvgIpc) is 2.41. The maximum atomic E-state index is 5.89. The summed E-state index contributed by atoms with van der Waals surface area (Å²) in [7, 11) is 0. The standard InChI is InChI=1S/C10H16ClN3/c1-2-9(7-4-3-5-7)14-10(12)8(11)6-13-14/h6-7,9H,2-5,12H2,1H3. The fourth-order valence-corrected chi connectivity index (χ4v) is 2.28. The Bertz CT molecular complexity index is 317. The Morgan fingerprint density at radius 1 is 1.71 bits per heavy atom. The zero-order valence-corrected chi connectivity index (χ0v) is 9.17. The summed E-state index contributed by atoms with van der Waals surface area (Å²) in [6.07, 6.45) is 6.66. The molecule has 78 valence electrons. The third-order valence-corrected chi connectivity index (χ3v) is 3.50. The summed E-state index contributed by atoms with van der Waals surface area (Å²) in [5.74, 6) is 1.36. The Morgan fingerprint density at radius 2 is 2.43 bits per heavy atom. The lowest BCUT2D eigenvalue weighted by molar-refractivity contribution is 0.193. The normalized spacial score (nSPS) is 19.3. The van der Waals surface area contributed by atoms with Gasteiger partial charge in [0, 0.05) is 0 Å². The summed E-state index contributed by atoms with van der Waals surface area (Å²) in [4.78, 5) is 0. The SMILES string of the molecule is CCC(C1CCC1)n1ncc(Cl)c1N. The van der Waals surface area contributed by atoms with Crippen LogP contribution in [0.5, 0.6) is 0 Å². The maximum absolute atomic E-state index is 5.89. The van der Waals surface area contributed by atoms with Crippen molar-refractivity contribution in [1.29, 1.82) is 0 Å². The van der Waals surface area contributed by atoms with Gasteiger partial charge in [-0.25, -0.2) is 4.68 Å². The molecule has 1 atom stereocenters. The van der Waals surface area contributed by atoms with Crippen molar-refractivity contribution in [2.24, 2.45) is 5.92 Å². The number of nitrogens with zero attached hydrogens (tertiary/aromatic N) is 2. The number of hydrogen-bond donors (Lipinski definition) is 1. The van der Waals surface area contributed by atoms with Crippen LogP contribution in [0.25, 0.3) is 0 Å². The fraction of sp³-hybridized carbons (Fsp3) is 0.700. The van der Waals surface area contributed by atoms with Gasteiger partial charge < -0.3 is 5.73 Å². The number of nitrogens with two attached hydrogens (primary N) is 1. The molecule has 0 saturated heterocycles. The van der Waals surface area contributed by atoms with Gasteiger partial charge >= 0.3 is 0 Å². The lowest BCUT2D eigenvalue weighted by Gasteiger charge is -2.33. The molecule has 0 bridgehead atoms. The van der Waals surface area contributed by atoms with E-state index in [-0.39, 0.29) is 0 Å². The fourth-order valence-electron chi connectivity index (χ4n) is 2.15. The average molecular weight is 214 g/mol. The second-order valence-corrected chi connectivity index (χ2v) is 4.40. The van der Waals surface area contributed by atoms with Crippen LogP contribution in [0.3, 0.4) is 0 Å². The van der Waals surface area contributed by atoms with Gasteiger partial charge in [-0.15, -0.1) is 0 Å². The first-order valence-corrected chi connectivity index (χ1v) is 5.60. The minimum Gasteiger partial charge on any atom is -0.383 e. The van der Waals surface area contributed by atoms with Crippen molar-refractivity contribution in [3.8, 4) is 0 Å². The van der Waals surface area contributed by atoms with Gasteiger partial charge in [0.2, 0.25) is 0 Å². The molecule has 0 radical (unpaired) electrons. The number of rotatable bonds is 3. The third kappa shape index (κ3) is 1.50. The quantitative estimate of drug-likeness (QED) is 0.839. The van der Waals surface area contributed by atoms with Gasteiger partial charge in [0.05, 0.1) is 12.2 Å². The lowest BCUT2D eigenvalue weighted by atomic mass is 9.79. The first-order chi connectivity index (χ1) is 6.74. The summed E-state index contributed by atoms with van der Waals surface area (Å²) in [5.41, 5.74) is 5.86. The van der Waals surface area contributed by atoms with Crippen molar-refractivity contribution in [2.75, 3.05) is 5.73 Å². The molecule has 0 amide bonds. The Balaban J connectivity index is 2.22. The highest BCUT2D eigenvalue weighted by Crippen LogP contribution is 2.39. The monoisotopic (exact) mass is 213 g/mol.